The van der Waals surface area contributed by atoms with Crippen LogP contribution in [0.1, 0.15) is 19.2 Å². The molecule has 2 heterocycles. The fraction of sp³-hybridized carbons (Fsp3) is 0.500. The number of hydrogen-bond donors (Lipinski definition) is 0. The van der Waals surface area contributed by atoms with Crippen molar-refractivity contribution in [3.63, 3.8) is 0 Å². The third-order valence-electron chi connectivity index (χ3n) is 4.81. The fourth-order valence-electron chi connectivity index (χ4n) is 3.25. The summed E-state index contributed by atoms with van der Waals surface area (Å²) in [5.41, 5.74) is 0. The van der Waals surface area contributed by atoms with Crippen LogP contribution in [0.5, 0.6) is 17.4 Å². The normalized spacial score (nSPS) is 15.1. The highest BCUT2D eigenvalue weighted by atomic mass is 32.2. The summed E-state index contributed by atoms with van der Waals surface area (Å²) in [5, 5.41) is 0. The van der Waals surface area contributed by atoms with Crippen LogP contribution in [0.2, 0.25) is 0 Å². The number of nitrogens with zero attached hydrogens (tertiary/aromatic N) is 4. The lowest BCUT2D eigenvalue weighted by Gasteiger charge is -2.35. The Morgan fingerprint density at radius 1 is 1.03 bits per heavy atom. The average molecular weight is 437 g/mol. The van der Waals surface area contributed by atoms with Gasteiger partial charge in [0.25, 0.3) is 0 Å². The molecule has 1 aliphatic heterocycles. The van der Waals surface area contributed by atoms with Crippen LogP contribution < -0.4 is 19.1 Å². The standard InChI is InChI=1S/C20H28N4O5S/c1-5-12-29-20-14-19(21-15(2)22-20)23-8-10-24(11-9-23)30(25,26)18-13-16(27-3)6-7-17(18)28-4/h6-7,13-14H,5,8-12H2,1-4H3. The van der Waals surface area contributed by atoms with E-state index in [2.05, 4.69) is 9.97 Å². The summed E-state index contributed by atoms with van der Waals surface area (Å²) in [7, 11) is -0.775. The average Bonchev–Trinajstić information content (AvgIpc) is 2.76. The molecular formula is C20H28N4O5S. The van der Waals surface area contributed by atoms with Gasteiger partial charge in [-0.15, -0.1) is 0 Å². The van der Waals surface area contributed by atoms with Gasteiger partial charge in [0.2, 0.25) is 15.9 Å². The summed E-state index contributed by atoms with van der Waals surface area (Å²) in [6.45, 7) is 6.12. The number of hydrogen-bond acceptors (Lipinski definition) is 8. The van der Waals surface area contributed by atoms with Crippen molar-refractivity contribution in [2.45, 2.75) is 25.2 Å². The van der Waals surface area contributed by atoms with Crippen LogP contribution in [-0.4, -0.2) is 69.7 Å². The summed E-state index contributed by atoms with van der Waals surface area (Å²) >= 11 is 0. The van der Waals surface area contributed by atoms with Gasteiger partial charge in [-0.1, -0.05) is 6.92 Å². The van der Waals surface area contributed by atoms with Crippen molar-refractivity contribution < 1.29 is 22.6 Å². The molecule has 0 aliphatic carbocycles. The van der Waals surface area contributed by atoms with E-state index in [0.29, 0.717) is 56.0 Å². The molecule has 2 aromatic rings. The highest BCUT2D eigenvalue weighted by Gasteiger charge is 2.31. The first-order valence-electron chi connectivity index (χ1n) is 9.84. The van der Waals surface area contributed by atoms with Gasteiger partial charge in [-0.25, -0.2) is 13.4 Å². The van der Waals surface area contributed by atoms with E-state index in [9.17, 15) is 8.42 Å². The maximum atomic E-state index is 13.2. The molecule has 0 amide bonds. The van der Waals surface area contributed by atoms with Gasteiger partial charge in [0.15, 0.2) is 0 Å². The lowest BCUT2D eigenvalue weighted by Crippen LogP contribution is -2.49. The molecule has 1 aromatic heterocycles. The largest absolute Gasteiger partial charge is 0.497 e. The predicted octanol–water partition coefficient (Wildman–Crippen LogP) is 2.10. The number of benzene rings is 1. The van der Waals surface area contributed by atoms with Gasteiger partial charge in [0.05, 0.1) is 20.8 Å². The SMILES string of the molecule is CCCOc1cc(N2CCN(S(=O)(=O)c3cc(OC)ccc3OC)CC2)nc(C)n1. The number of rotatable bonds is 8. The lowest BCUT2D eigenvalue weighted by atomic mass is 10.3. The third kappa shape index (κ3) is 4.76. The van der Waals surface area contributed by atoms with Gasteiger partial charge in [-0.05, 0) is 25.5 Å². The molecule has 1 aliphatic rings. The first-order chi connectivity index (χ1) is 14.4. The Morgan fingerprint density at radius 3 is 2.40 bits per heavy atom. The van der Waals surface area contributed by atoms with Gasteiger partial charge >= 0.3 is 0 Å². The second-order valence-corrected chi connectivity index (χ2v) is 8.77. The number of sulfonamides is 1. The zero-order valence-electron chi connectivity index (χ0n) is 17.8. The Labute approximate surface area is 177 Å². The second kappa shape index (κ2) is 9.48. The molecule has 10 heteroatoms. The molecule has 0 N–H and O–H groups in total. The molecule has 1 fully saturated rings. The zero-order chi connectivity index (χ0) is 21.7. The minimum absolute atomic E-state index is 0.103. The summed E-state index contributed by atoms with van der Waals surface area (Å²) in [4.78, 5) is 10.9. The molecule has 1 aromatic carbocycles. The van der Waals surface area contributed by atoms with E-state index in [0.717, 1.165) is 12.2 Å². The molecule has 1 saturated heterocycles. The first kappa shape index (κ1) is 22.1. The second-order valence-electron chi connectivity index (χ2n) is 6.87. The van der Waals surface area contributed by atoms with E-state index in [4.69, 9.17) is 14.2 Å². The molecule has 0 spiro atoms. The van der Waals surface area contributed by atoms with Crippen molar-refractivity contribution in [2.24, 2.45) is 0 Å². The molecule has 164 valence electrons. The number of ether oxygens (including phenoxy) is 3. The fourth-order valence-corrected chi connectivity index (χ4v) is 4.84. The van der Waals surface area contributed by atoms with Crippen LogP contribution in [0.15, 0.2) is 29.2 Å². The highest BCUT2D eigenvalue weighted by Crippen LogP contribution is 2.31. The molecule has 30 heavy (non-hydrogen) atoms. The van der Waals surface area contributed by atoms with Crippen LogP contribution in [0, 0.1) is 6.92 Å². The molecule has 0 atom stereocenters. The van der Waals surface area contributed by atoms with Crippen molar-refractivity contribution in [3.05, 3.63) is 30.1 Å². The van der Waals surface area contributed by atoms with Gasteiger partial charge < -0.3 is 19.1 Å². The number of anilines is 1. The van der Waals surface area contributed by atoms with Gasteiger partial charge in [0, 0.05) is 38.3 Å². The number of piperazine rings is 1. The number of methoxy groups -OCH3 is 2. The van der Waals surface area contributed by atoms with Crippen LogP contribution in [-0.2, 0) is 10.0 Å². The maximum absolute atomic E-state index is 13.2. The molecule has 9 nitrogen and oxygen atoms in total. The van der Waals surface area contributed by atoms with Crippen molar-refractivity contribution in [1.29, 1.82) is 0 Å². The van der Waals surface area contributed by atoms with E-state index in [1.54, 1.807) is 18.2 Å². The Balaban J connectivity index is 1.76. The summed E-state index contributed by atoms with van der Waals surface area (Å²) in [6, 6.07) is 6.57. The Bertz CT molecular complexity index is 975. The molecule has 0 unspecified atom stereocenters. The smallest absolute Gasteiger partial charge is 0.247 e. The minimum atomic E-state index is -3.73. The van der Waals surface area contributed by atoms with Crippen LogP contribution in [0.4, 0.5) is 5.82 Å². The van der Waals surface area contributed by atoms with E-state index < -0.39 is 10.0 Å². The first-order valence-corrected chi connectivity index (χ1v) is 11.3. The van der Waals surface area contributed by atoms with Gasteiger partial charge in [-0.2, -0.15) is 9.29 Å². The molecular weight excluding hydrogens is 408 g/mol. The van der Waals surface area contributed by atoms with Gasteiger partial charge in [0.1, 0.15) is 28.0 Å². The van der Waals surface area contributed by atoms with Crippen molar-refractivity contribution in [2.75, 3.05) is 51.9 Å². The maximum Gasteiger partial charge on any atom is 0.247 e. The van der Waals surface area contributed by atoms with E-state index in [1.165, 1.54) is 24.6 Å². The minimum Gasteiger partial charge on any atom is -0.497 e. The Morgan fingerprint density at radius 2 is 1.77 bits per heavy atom. The summed E-state index contributed by atoms with van der Waals surface area (Å²) in [5.74, 6) is 2.65. The monoisotopic (exact) mass is 436 g/mol. The number of aryl methyl sites for hydroxylation is 1. The third-order valence-corrected chi connectivity index (χ3v) is 6.73. The van der Waals surface area contributed by atoms with Crippen molar-refractivity contribution >= 4 is 15.8 Å². The van der Waals surface area contributed by atoms with E-state index in [-0.39, 0.29) is 4.90 Å². The lowest BCUT2D eigenvalue weighted by molar-refractivity contribution is 0.303. The van der Waals surface area contributed by atoms with Gasteiger partial charge in [-0.3, -0.25) is 0 Å². The molecule has 3 rings (SSSR count). The predicted molar refractivity (Wildman–Crippen MR) is 113 cm³/mol. The summed E-state index contributed by atoms with van der Waals surface area (Å²) < 4.78 is 44.0. The van der Waals surface area contributed by atoms with E-state index >= 15 is 0 Å². The Kier molecular flexibility index (Phi) is 6.99. The highest BCUT2D eigenvalue weighted by molar-refractivity contribution is 7.89. The Hall–Kier alpha value is -2.59. The molecule has 0 bridgehead atoms. The van der Waals surface area contributed by atoms with Crippen molar-refractivity contribution in [3.8, 4) is 17.4 Å². The van der Waals surface area contributed by atoms with Crippen LogP contribution in [0.25, 0.3) is 0 Å². The number of aromatic nitrogens is 2. The van der Waals surface area contributed by atoms with Crippen molar-refractivity contribution in [1.82, 2.24) is 14.3 Å². The molecule has 0 saturated carbocycles. The van der Waals surface area contributed by atoms with Crippen LogP contribution >= 0.6 is 0 Å². The quantitative estimate of drug-likeness (QED) is 0.621. The van der Waals surface area contributed by atoms with Crippen LogP contribution in [0.3, 0.4) is 0 Å². The zero-order valence-corrected chi connectivity index (χ0v) is 18.6. The summed E-state index contributed by atoms with van der Waals surface area (Å²) in [6.07, 6.45) is 0.892. The molecule has 0 radical (unpaired) electrons. The van der Waals surface area contributed by atoms with E-state index in [1.807, 2.05) is 18.7 Å². The topological polar surface area (TPSA) is 94.1 Å².